The second kappa shape index (κ2) is 39.5. The van der Waals surface area contributed by atoms with E-state index in [1.807, 2.05) is 55.4 Å². The summed E-state index contributed by atoms with van der Waals surface area (Å²) >= 11 is 0. The maximum Gasteiger partial charge on any atom is 0.120 e. The standard InChI is InChI=1S/C17H26O.C17H28O.C16H24O.C16H26O.4C2H6/c1-5-16(2,3)14-9-8-10-15(13-14)18-17(4)11-6-7-12-17;1-7-16(4,5)14-11-10-12-15(13-14)18-17(6,8-2)9-3;1-4-13(2)14-8-7-9-15(12-14)17-16(3)10-5-6-11-16;1-6-13(4)14-10-9-11-15(12-14)17-16(5,7-2)8-3;4*1-2/h8-10,13H,5-7,11-12H2,1-4H3;10-13H,7-9H2,1-6H3;7-9,12-13H,4-6,10-11H2,1-3H3;9-13H,6-8H2,1-5H3;4*1-2H3. The van der Waals surface area contributed by atoms with E-state index in [0.717, 1.165) is 61.5 Å². The Balaban J connectivity index is 0. The van der Waals surface area contributed by atoms with Crippen LogP contribution in [0.2, 0.25) is 0 Å². The average molecular weight is 1080 g/mol. The van der Waals surface area contributed by atoms with Crippen LogP contribution in [0.5, 0.6) is 23.0 Å². The third-order valence-corrected chi connectivity index (χ3v) is 16.8. The Hall–Kier alpha value is -3.92. The van der Waals surface area contributed by atoms with Crippen molar-refractivity contribution in [3.63, 3.8) is 0 Å². The Bertz CT molecular complexity index is 1960. The molecule has 2 aliphatic carbocycles. The van der Waals surface area contributed by atoms with Crippen LogP contribution in [0.3, 0.4) is 0 Å². The van der Waals surface area contributed by atoms with Gasteiger partial charge in [-0.15, -0.1) is 0 Å². The number of hydrogen-bond donors (Lipinski definition) is 0. The summed E-state index contributed by atoms with van der Waals surface area (Å²) in [6.07, 6.45) is 18.8. The van der Waals surface area contributed by atoms with Crippen molar-refractivity contribution in [1.82, 2.24) is 0 Å². The predicted octanol–water partition coefficient (Wildman–Crippen LogP) is 24.6. The molecule has 2 saturated carbocycles. The Morgan fingerprint density at radius 2 is 0.654 bits per heavy atom. The highest BCUT2D eigenvalue weighted by molar-refractivity contribution is 5.35. The van der Waals surface area contributed by atoms with Gasteiger partial charge in [0.25, 0.3) is 0 Å². The van der Waals surface area contributed by atoms with Crippen LogP contribution in [0.1, 0.15) is 317 Å². The molecule has 2 atom stereocenters. The van der Waals surface area contributed by atoms with E-state index in [1.54, 1.807) is 0 Å². The van der Waals surface area contributed by atoms with Gasteiger partial charge in [-0.3, -0.25) is 0 Å². The Morgan fingerprint density at radius 1 is 0.385 bits per heavy atom. The minimum absolute atomic E-state index is 0.0337. The molecule has 4 aromatic rings. The lowest BCUT2D eigenvalue weighted by atomic mass is 9.82. The first-order valence-corrected chi connectivity index (χ1v) is 32.2. The molecule has 0 saturated heterocycles. The molecule has 78 heavy (non-hydrogen) atoms. The highest BCUT2D eigenvalue weighted by atomic mass is 16.5. The smallest absolute Gasteiger partial charge is 0.120 e. The zero-order chi connectivity index (χ0) is 60.2. The number of rotatable bonds is 20. The second-order valence-corrected chi connectivity index (χ2v) is 23.3. The summed E-state index contributed by atoms with van der Waals surface area (Å²) in [5, 5.41) is 0. The van der Waals surface area contributed by atoms with Gasteiger partial charge in [0.2, 0.25) is 0 Å². The predicted molar refractivity (Wildman–Crippen MR) is 349 cm³/mol. The minimum Gasteiger partial charge on any atom is -0.488 e. The molecule has 4 aromatic carbocycles. The van der Waals surface area contributed by atoms with E-state index < -0.39 is 0 Å². The number of hydrogen-bond acceptors (Lipinski definition) is 4. The fourth-order valence-corrected chi connectivity index (χ4v) is 8.99. The lowest BCUT2D eigenvalue weighted by molar-refractivity contribution is 0.0798. The monoisotopic (exact) mass is 1080 g/mol. The van der Waals surface area contributed by atoms with Crippen molar-refractivity contribution in [2.75, 3.05) is 0 Å². The average Bonchev–Trinajstić information content (AvgIpc) is 4.12. The first kappa shape index (κ1) is 76.1. The van der Waals surface area contributed by atoms with Crippen LogP contribution in [0.25, 0.3) is 0 Å². The van der Waals surface area contributed by atoms with Gasteiger partial charge < -0.3 is 18.9 Å². The number of ether oxygens (including phenoxy) is 4. The van der Waals surface area contributed by atoms with Crippen molar-refractivity contribution in [2.24, 2.45) is 0 Å². The van der Waals surface area contributed by atoms with Gasteiger partial charge in [0, 0.05) is 0 Å². The summed E-state index contributed by atoms with van der Waals surface area (Å²) in [7, 11) is 0. The fraction of sp³-hybridized carbons (Fsp3) is 0.676. The molecule has 2 aliphatic rings. The van der Waals surface area contributed by atoms with Gasteiger partial charge in [0.1, 0.15) is 45.4 Å². The molecule has 2 unspecified atom stereocenters. The topological polar surface area (TPSA) is 36.9 Å². The van der Waals surface area contributed by atoms with E-state index in [0.29, 0.717) is 11.8 Å². The molecule has 0 aliphatic heterocycles. The molecule has 0 N–H and O–H groups in total. The van der Waals surface area contributed by atoms with Crippen molar-refractivity contribution in [2.45, 2.75) is 328 Å². The molecule has 4 nitrogen and oxygen atoms in total. The minimum atomic E-state index is -0.0466. The summed E-state index contributed by atoms with van der Waals surface area (Å²) < 4.78 is 24.8. The Morgan fingerprint density at radius 3 is 0.962 bits per heavy atom. The lowest BCUT2D eigenvalue weighted by Gasteiger charge is -2.30. The summed E-state index contributed by atoms with van der Waals surface area (Å²) in [6.45, 7) is 56.2. The summed E-state index contributed by atoms with van der Waals surface area (Å²) in [5.41, 5.74) is 6.02. The molecule has 6 rings (SSSR count). The molecule has 0 spiro atoms. The van der Waals surface area contributed by atoms with Crippen molar-refractivity contribution < 1.29 is 18.9 Å². The van der Waals surface area contributed by atoms with E-state index in [9.17, 15) is 0 Å². The van der Waals surface area contributed by atoms with Crippen molar-refractivity contribution in [3.05, 3.63) is 119 Å². The van der Waals surface area contributed by atoms with Crippen LogP contribution in [0.4, 0.5) is 0 Å². The molecule has 2 fully saturated rings. The van der Waals surface area contributed by atoms with Gasteiger partial charge in [0.15, 0.2) is 0 Å². The van der Waals surface area contributed by atoms with Crippen LogP contribution < -0.4 is 18.9 Å². The van der Waals surface area contributed by atoms with Crippen LogP contribution >= 0.6 is 0 Å². The maximum absolute atomic E-state index is 6.24. The van der Waals surface area contributed by atoms with Gasteiger partial charge in [-0.2, -0.15) is 0 Å². The highest BCUT2D eigenvalue weighted by Crippen LogP contribution is 2.38. The van der Waals surface area contributed by atoms with Gasteiger partial charge in [-0.05, 0) is 224 Å². The number of benzene rings is 4. The van der Waals surface area contributed by atoms with E-state index in [-0.39, 0.29) is 33.2 Å². The third kappa shape index (κ3) is 27.0. The van der Waals surface area contributed by atoms with E-state index in [2.05, 4.69) is 222 Å². The zero-order valence-corrected chi connectivity index (χ0v) is 56.3. The first-order valence-electron chi connectivity index (χ1n) is 32.2. The zero-order valence-electron chi connectivity index (χ0n) is 56.3. The van der Waals surface area contributed by atoms with Gasteiger partial charge in [-0.25, -0.2) is 0 Å². The van der Waals surface area contributed by atoms with E-state index >= 15 is 0 Å². The van der Waals surface area contributed by atoms with Crippen LogP contribution in [-0.4, -0.2) is 22.4 Å². The van der Waals surface area contributed by atoms with Gasteiger partial charge >= 0.3 is 0 Å². The third-order valence-electron chi connectivity index (χ3n) is 16.8. The van der Waals surface area contributed by atoms with Crippen molar-refractivity contribution >= 4 is 0 Å². The molecular weight excluding hydrogens is 953 g/mol. The molecule has 448 valence electrons. The summed E-state index contributed by atoms with van der Waals surface area (Å²) in [5.74, 6) is 5.32. The molecule has 0 amide bonds. The lowest BCUT2D eigenvalue weighted by Crippen LogP contribution is -2.30. The Kier molecular flexibility index (Phi) is 38.5. The van der Waals surface area contributed by atoms with Crippen molar-refractivity contribution in [3.8, 4) is 23.0 Å². The van der Waals surface area contributed by atoms with Gasteiger partial charge in [0.05, 0.1) is 0 Å². The van der Waals surface area contributed by atoms with Crippen molar-refractivity contribution in [1.29, 1.82) is 0 Å². The fourth-order valence-electron chi connectivity index (χ4n) is 8.99. The summed E-state index contributed by atoms with van der Waals surface area (Å²) in [4.78, 5) is 0. The van der Waals surface area contributed by atoms with E-state index in [4.69, 9.17) is 18.9 Å². The van der Waals surface area contributed by atoms with Crippen LogP contribution in [-0.2, 0) is 10.8 Å². The molecule has 4 heteroatoms. The van der Waals surface area contributed by atoms with Gasteiger partial charge in [-0.1, -0.05) is 201 Å². The van der Waals surface area contributed by atoms with Crippen LogP contribution in [0, 0.1) is 0 Å². The normalized spacial score (nSPS) is 14.9. The molecule has 0 bridgehead atoms. The molecular formula is C74H128O4. The second-order valence-electron chi connectivity index (χ2n) is 23.3. The summed E-state index contributed by atoms with van der Waals surface area (Å²) in [6, 6.07) is 34.4. The quantitative estimate of drug-likeness (QED) is 0.0884. The molecule has 0 radical (unpaired) electrons. The first-order chi connectivity index (χ1) is 37.0. The molecule has 0 aromatic heterocycles. The highest BCUT2D eigenvalue weighted by Gasteiger charge is 2.32. The SMILES string of the molecule is CC.CC.CC.CC.CCC(C)(C)c1cccc(OC2(C)CCCC2)c1.CCC(C)(CC)Oc1cccc(C(C)(C)CC)c1.CCC(C)c1cccc(OC(C)(CC)CC)c1.CCC(C)c1cccc(OC2(C)CCCC2)c1. The van der Waals surface area contributed by atoms with E-state index in [1.165, 1.54) is 86.5 Å². The maximum atomic E-state index is 6.24. The molecule has 0 heterocycles. The largest absolute Gasteiger partial charge is 0.488 e. The Labute approximate surface area is 486 Å². The van der Waals surface area contributed by atoms with Crippen LogP contribution in [0.15, 0.2) is 97.1 Å².